The van der Waals surface area contributed by atoms with Gasteiger partial charge in [0.1, 0.15) is 17.2 Å². The zero-order valence-electron chi connectivity index (χ0n) is 17.0. The van der Waals surface area contributed by atoms with Crippen LogP contribution in [0, 0.1) is 6.92 Å². The van der Waals surface area contributed by atoms with Crippen LogP contribution < -0.4 is 19.5 Å². The Labute approximate surface area is 166 Å². The molecular formula is C22H28N2O4. The minimum absolute atomic E-state index is 0.00143. The summed E-state index contributed by atoms with van der Waals surface area (Å²) >= 11 is 0. The highest BCUT2D eigenvalue weighted by Crippen LogP contribution is 2.38. The van der Waals surface area contributed by atoms with E-state index >= 15 is 0 Å². The van der Waals surface area contributed by atoms with Crippen molar-refractivity contribution in [2.75, 3.05) is 27.9 Å². The number of benzene rings is 2. The number of likely N-dealkylation sites (tertiary alicyclic amines) is 1. The summed E-state index contributed by atoms with van der Waals surface area (Å²) in [6.07, 6.45) is 1.88. The first-order valence-electron chi connectivity index (χ1n) is 9.47. The van der Waals surface area contributed by atoms with Crippen molar-refractivity contribution in [3.63, 3.8) is 0 Å². The number of nitrogens with one attached hydrogen (secondary N) is 1. The van der Waals surface area contributed by atoms with E-state index in [0.717, 1.165) is 53.3 Å². The number of aryl methyl sites for hydroxylation is 1. The summed E-state index contributed by atoms with van der Waals surface area (Å²) in [4.78, 5) is 14.7. The van der Waals surface area contributed by atoms with Crippen LogP contribution in [0.5, 0.6) is 17.2 Å². The second kappa shape index (κ2) is 8.87. The maximum absolute atomic E-state index is 12.9. The number of amides is 2. The number of ether oxygens (including phenoxy) is 3. The van der Waals surface area contributed by atoms with Crippen molar-refractivity contribution in [3.05, 3.63) is 53.1 Å². The van der Waals surface area contributed by atoms with Crippen molar-refractivity contribution in [1.82, 2.24) is 10.2 Å². The highest BCUT2D eigenvalue weighted by atomic mass is 16.5. The number of methoxy groups -OCH3 is 3. The average Bonchev–Trinajstić information content (AvgIpc) is 3.21. The first-order chi connectivity index (χ1) is 13.6. The molecule has 1 saturated heterocycles. The van der Waals surface area contributed by atoms with Crippen LogP contribution in [0.15, 0.2) is 36.4 Å². The van der Waals surface area contributed by atoms with Gasteiger partial charge >= 0.3 is 6.03 Å². The monoisotopic (exact) mass is 384 g/mol. The van der Waals surface area contributed by atoms with Crippen molar-refractivity contribution in [2.24, 2.45) is 0 Å². The maximum atomic E-state index is 12.9. The van der Waals surface area contributed by atoms with Crippen molar-refractivity contribution in [3.8, 4) is 17.2 Å². The lowest BCUT2D eigenvalue weighted by atomic mass is 10.0. The minimum Gasteiger partial charge on any atom is -0.497 e. The van der Waals surface area contributed by atoms with Crippen LogP contribution >= 0.6 is 0 Å². The second-order valence-corrected chi connectivity index (χ2v) is 6.92. The van der Waals surface area contributed by atoms with Gasteiger partial charge in [-0.1, -0.05) is 12.1 Å². The first-order valence-corrected chi connectivity index (χ1v) is 9.47. The maximum Gasteiger partial charge on any atom is 0.318 e. The van der Waals surface area contributed by atoms with E-state index in [-0.39, 0.29) is 12.1 Å². The largest absolute Gasteiger partial charge is 0.497 e. The molecule has 1 atom stereocenters. The molecule has 1 aliphatic heterocycles. The van der Waals surface area contributed by atoms with Crippen molar-refractivity contribution in [1.29, 1.82) is 0 Å². The number of carbonyl (C=O) groups excluding carboxylic acids is 1. The molecule has 0 radical (unpaired) electrons. The van der Waals surface area contributed by atoms with Crippen LogP contribution in [-0.4, -0.2) is 38.8 Å². The molecule has 2 amide bonds. The Balaban J connectivity index is 1.70. The van der Waals surface area contributed by atoms with E-state index in [2.05, 4.69) is 5.32 Å². The molecule has 2 aromatic carbocycles. The smallest absolute Gasteiger partial charge is 0.318 e. The summed E-state index contributed by atoms with van der Waals surface area (Å²) in [6, 6.07) is 11.6. The molecule has 0 aliphatic carbocycles. The molecule has 1 heterocycles. The lowest BCUT2D eigenvalue weighted by Crippen LogP contribution is -2.39. The normalized spacial score (nSPS) is 16.0. The van der Waals surface area contributed by atoms with Gasteiger partial charge in [-0.25, -0.2) is 4.79 Å². The lowest BCUT2D eigenvalue weighted by molar-refractivity contribution is 0.191. The van der Waals surface area contributed by atoms with Gasteiger partial charge in [-0.15, -0.1) is 0 Å². The van der Waals surface area contributed by atoms with Crippen LogP contribution in [0.3, 0.4) is 0 Å². The van der Waals surface area contributed by atoms with Gasteiger partial charge in [0.15, 0.2) is 0 Å². The fraction of sp³-hybridized carbons (Fsp3) is 0.409. The van der Waals surface area contributed by atoms with Crippen molar-refractivity contribution in [2.45, 2.75) is 32.4 Å². The number of carbonyl (C=O) groups is 1. The van der Waals surface area contributed by atoms with Gasteiger partial charge in [0.2, 0.25) is 0 Å². The summed E-state index contributed by atoms with van der Waals surface area (Å²) in [5.74, 6) is 2.33. The van der Waals surface area contributed by atoms with Crippen LogP contribution in [-0.2, 0) is 6.54 Å². The molecule has 1 fully saturated rings. The van der Waals surface area contributed by atoms with E-state index in [1.165, 1.54) is 0 Å². The van der Waals surface area contributed by atoms with E-state index in [9.17, 15) is 4.79 Å². The van der Waals surface area contributed by atoms with Gasteiger partial charge in [0, 0.05) is 24.7 Å². The third kappa shape index (κ3) is 4.16. The van der Waals surface area contributed by atoms with Crippen LogP contribution in [0.4, 0.5) is 4.79 Å². The van der Waals surface area contributed by atoms with Gasteiger partial charge in [0.25, 0.3) is 0 Å². The van der Waals surface area contributed by atoms with E-state index in [4.69, 9.17) is 14.2 Å². The summed E-state index contributed by atoms with van der Waals surface area (Å²) < 4.78 is 16.1. The van der Waals surface area contributed by atoms with E-state index in [1.807, 2.05) is 48.2 Å². The highest BCUT2D eigenvalue weighted by molar-refractivity contribution is 5.75. The number of rotatable bonds is 6. The standard InChI is InChI=1S/C22H28N2O4/c1-15-12-16(7-10-20(15)27-3)14-23-22(25)24-11-5-6-19(24)18-9-8-17(26-2)13-21(18)28-4/h7-10,12-13,19H,5-6,11,14H2,1-4H3,(H,23,25). The molecule has 0 aromatic heterocycles. The fourth-order valence-electron chi connectivity index (χ4n) is 3.76. The molecule has 2 aromatic rings. The molecule has 1 aliphatic rings. The zero-order chi connectivity index (χ0) is 20.1. The van der Waals surface area contributed by atoms with Crippen molar-refractivity contribution >= 4 is 6.03 Å². The fourth-order valence-corrected chi connectivity index (χ4v) is 3.76. The van der Waals surface area contributed by atoms with Crippen LogP contribution in [0.25, 0.3) is 0 Å². The van der Waals surface area contributed by atoms with Crippen LogP contribution in [0.1, 0.15) is 35.6 Å². The second-order valence-electron chi connectivity index (χ2n) is 6.92. The van der Waals surface area contributed by atoms with Gasteiger partial charge in [0.05, 0.1) is 27.4 Å². The Kier molecular flexibility index (Phi) is 6.29. The van der Waals surface area contributed by atoms with Crippen molar-refractivity contribution < 1.29 is 19.0 Å². The minimum atomic E-state index is -0.0613. The topological polar surface area (TPSA) is 60.0 Å². The Hall–Kier alpha value is -2.89. The predicted octanol–water partition coefficient (Wildman–Crippen LogP) is 4.07. The summed E-state index contributed by atoms with van der Waals surface area (Å²) in [6.45, 7) is 3.20. The van der Waals surface area contributed by atoms with E-state index < -0.39 is 0 Å². The first kappa shape index (κ1) is 19.9. The Morgan fingerprint density at radius 3 is 2.54 bits per heavy atom. The molecule has 3 rings (SSSR count). The third-order valence-corrected chi connectivity index (χ3v) is 5.22. The lowest BCUT2D eigenvalue weighted by Gasteiger charge is -2.27. The Bertz CT molecular complexity index is 837. The number of hydrogen-bond acceptors (Lipinski definition) is 4. The molecule has 6 heteroatoms. The predicted molar refractivity (Wildman–Crippen MR) is 108 cm³/mol. The molecular weight excluding hydrogens is 356 g/mol. The Morgan fingerprint density at radius 1 is 1.07 bits per heavy atom. The van der Waals surface area contributed by atoms with Gasteiger partial charge in [-0.3, -0.25) is 0 Å². The van der Waals surface area contributed by atoms with Gasteiger partial charge in [-0.2, -0.15) is 0 Å². The quantitative estimate of drug-likeness (QED) is 0.816. The number of urea groups is 1. The van der Waals surface area contributed by atoms with E-state index in [0.29, 0.717) is 6.54 Å². The summed E-state index contributed by atoms with van der Waals surface area (Å²) in [5, 5.41) is 3.05. The van der Waals surface area contributed by atoms with E-state index in [1.54, 1.807) is 21.3 Å². The average molecular weight is 384 g/mol. The highest BCUT2D eigenvalue weighted by Gasteiger charge is 2.32. The Morgan fingerprint density at radius 2 is 1.86 bits per heavy atom. The zero-order valence-corrected chi connectivity index (χ0v) is 17.0. The molecule has 0 spiro atoms. The summed E-state index contributed by atoms with van der Waals surface area (Å²) in [7, 11) is 4.93. The molecule has 28 heavy (non-hydrogen) atoms. The number of hydrogen-bond donors (Lipinski definition) is 1. The van der Waals surface area contributed by atoms with Gasteiger partial charge in [-0.05, 0) is 49.1 Å². The molecule has 1 unspecified atom stereocenters. The SMILES string of the molecule is COc1ccc(C2CCCN2C(=O)NCc2ccc(OC)c(C)c2)c(OC)c1. The third-order valence-electron chi connectivity index (χ3n) is 5.22. The molecule has 1 N–H and O–H groups in total. The van der Waals surface area contributed by atoms with Gasteiger partial charge < -0.3 is 24.4 Å². The van der Waals surface area contributed by atoms with Crippen LogP contribution in [0.2, 0.25) is 0 Å². The number of nitrogens with zero attached hydrogens (tertiary/aromatic N) is 1. The molecule has 150 valence electrons. The summed E-state index contributed by atoms with van der Waals surface area (Å²) in [5.41, 5.74) is 3.11. The molecule has 0 bridgehead atoms. The molecule has 0 saturated carbocycles. The molecule has 6 nitrogen and oxygen atoms in total.